The Morgan fingerprint density at radius 3 is 2.70 bits per heavy atom. The van der Waals surface area contributed by atoms with Crippen LogP contribution < -0.4 is 5.46 Å². The predicted molar refractivity (Wildman–Crippen MR) is 144 cm³/mol. The second-order valence-corrected chi connectivity index (χ2v) is 13.8. The van der Waals surface area contributed by atoms with E-state index in [-0.39, 0.29) is 34.9 Å². The number of aliphatic hydroxyl groups is 1. The third kappa shape index (κ3) is 3.88. The smallest absolute Gasteiger partial charge is 0.480 e. The predicted octanol–water partition coefficient (Wildman–Crippen LogP) is 4.06. The molecule has 1 aromatic rings. The monoisotopic (exact) mass is 526 g/mol. The lowest BCUT2D eigenvalue weighted by Crippen LogP contribution is -2.62. The van der Waals surface area contributed by atoms with Gasteiger partial charge in [-0.25, -0.2) is 0 Å². The molecule has 200 valence electrons. The molecule has 0 saturated heterocycles. The highest BCUT2D eigenvalue weighted by molar-refractivity contribution is 8.00. The zero-order chi connectivity index (χ0) is 26.9. The van der Waals surface area contributed by atoms with Gasteiger partial charge in [-0.05, 0) is 77.4 Å². The van der Waals surface area contributed by atoms with E-state index in [1.165, 1.54) is 11.8 Å². The van der Waals surface area contributed by atoms with Gasteiger partial charge in [0.2, 0.25) is 0 Å². The van der Waals surface area contributed by atoms with Gasteiger partial charge < -0.3 is 19.9 Å². The fourth-order valence-electron chi connectivity index (χ4n) is 8.63. The van der Waals surface area contributed by atoms with Gasteiger partial charge >= 0.3 is 13.1 Å². The van der Waals surface area contributed by atoms with Gasteiger partial charge in [-0.15, -0.1) is 18.3 Å². The number of carbonyl (C=O) groups is 2. The number of carboxylic acid groups (broad SMARTS) is 1. The van der Waals surface area contributed by atoms with Gasteiger partial charge in [0.1, 0.15) is 11.0 Å². The normalized spacial score (nSPS) is 41.9. The number of ketones is 1. The molecule has 3 saturated carbocycles. The molecule has 5 rings (SSSR count). The van der Waals surface area contributed by atoms with Crippen molar-refractivity contribution in [3.8, 4) is 0 Å². The van der Waals surface area contributed by atoms with E-state index < -0.39 is 35.3 Å². The van der Waals surface area contributed by atoms with Crippen molar-refractivity contribution in [2.24, 2.45) is 39.9 Å². The fourth-order valence-corrected chi connectivity index (χ4v) is 9.92. The summed E-state index contributed by atoms with van der Waals surface area (Å²) in [5, 5.41) is 31.8. The molecule has 0 radical (unpaired) electrons. The van der Waals surface area contributed by atoms with Crippen LogP contribution in [0, 0.1) is 39.9 Å². The van der Waals surface area contributed by atoms with Crippen LogP contribution in [0.15, 0.2) is 35.7 Å². The molecule has 3 N–H and O–H groups in total. The Labute approximate surface area is 224 Å². The average Bonchev–Trinajstić information content (AvgIpc) is 3.42. The Kier molecular flexibility index (Phi) is 6.75. The summed E-state index contributed by atoms with van der Waals surface area (Å²) < 4.78 is 5.34. The molecule has 1 aliphatic heterocycles. The van der Waals surface area contributed by atoms with Gasteiger partial charge in [0.05, 0.1) is 12.7 Å². The molecule has 1 unspecified atom stereocenters. The lowest BCUT2D eigenvalue weighted by atomic mass is 9.41. The first-order chi connectivity index (χ1) is 17.4. The molecule has 3 aliphatic carbocycles. The van der Waals surface area contributed by atoms with Crippen LogP contribution in [-0.4, -0.2) is 45.5 Å². The van der Waals surface area contributed by atoms with E-state index >= 15 is 0 Å². The van der Waals surface area contributed by atoms with E-state index in [1.807, 2.05) is 31.2 Å². The Morgan fingerprint density at radius 1 is 1.30 bits per heavy atom. The van der Waals surface area contributed by atoms with Crippen LogP contribution in [0.1, 0.15) is 65.4 Å². The van der Waals surface area contributed by atoms with Crippen molar-refractivity contribution in [2.75, 3.05) is 0 Å². The maximum absolute atomic E-state index is 13.7. The quantitative estimate of drug-likeness (QED) is 0.302. The van der Waals surface area contributed by atoms with Crippen molar-refractivity contribution in [2.45, 2.75) is 82.7 Å². The summed E-state index contributed by atoms with van der Waals surface area (Å²) in [4.78, 5) is 27.5. The van der Waals surface area contributed by atoms with Gasteiger partial charge in [0.15, 0.2) is 0 Å². The van der Waals surface area contributed by atoms with Gasteiger partial charge in [-0.2, -0.15) is 0 Å². The fraction of sp³-hybridized carbons (Fsp3) is 0.655. The highest BCUT2D eigenvalue weighted by Gasteiger charge is 2.68. The molecule has 3 fully saturated rings. The van der Waals surface area contributed by atoms with Crippen LogP contribution in [0.25, 0.3) is 0 Å². The number of rotatable bonds is 5. The first kappa shape index (κ1) is 27.0. The van der Waals surface area contributed by atoms with E-state index in [9.17, 15) is 24.8 Å². The largest absolute Gasteiger partial charge is 0.491 e. The minimum Gasteiger partial charge on any atom is -0.480 e. The number of Topliss-reactive ketones (excluding diaryl/α,β-unsaturated/α-hetero) is 1. The molecule has 6 nitrogen and oxygen atoms in total. The summed E-state index contributed by atoms with van der Waals surface area (Å²) in [6, 6.07) is 5.61. The summed E-state index contributed by atoms with van der Waals surface area (Å²) in [5.41, 5.74) is 0.0143. The van der Waals surface area contributed by atoms with E-state index in [0.29, 0.717) is 24.9 Å². The van der Waals surface area contributed by atoms with E-state index in [2.05, 4.69) is 27.4 Å². The molecule has 1 heterocycles. The average molecular weight is 527 g/mol. The summed E-state index contributed by atoms with van der Waals surface area (Å²) in [7, 11) is -1.01. The molecule has 0 aromatic heterocycles. The molecular formula is C29H39BO6S. The molecule has 1 aromatic carbocycles. The van der Waals surface area contributed by atoms with Crippen LogP contribution in [0.2, 0.25) is 0 Å². The van der Waals surface area contributed by atoms with Gasteiger partial charge in [-0.1, -0.05) is 39.8 Å². The number of aliphatic carboxylic acids is 1. The molecule has 8 heteroatoms. The molecule has 9 atom stereocenters. The van der Waals surface area contributed by atoms with Crippen molar-refractivity contribution >= 4 is 36.1 Å². The molecule has 2 bridgehead atoms. The summed E-state index contributed by atoms with van der Waals surface area (Å²) in [5.74, 6) is -1.27. The van der Waals surface area contributed by atoms with Crippen LogP contribution in [0.4, 0.5) is 0 Å². The Bertz CT molecular complexity index is 1130. The van der Waals surface area contributed by atoms with E-state index in [0.717, 1.165) is 29.7 Å². The zero-order valence-electron chi connectivity index (χ0n) is 22.3. The highest BCUT2D eigenvalue weighted by atomic mass is 32.2. The minimum atomic E-state index is -1.01. The maximum atomic E-state index is 13.7. The van der Waals surface area contributed by atoms with Gasteiger partial charge in [0.25, 0.3) is 0 Å². The number of hydrogen-bond donors (Lipinski definition) is 3. The molecular weight excluding hydrogens is 487 g/mol. The van der Waals surface area contributed by atoms with Crippen LogP contribution >= 0.6 is 11.8 Å². The highest BCUT2D eigenvalue weighted by Crippen LogP contribution is 2.70. The summed E-state index contributed by atoms with van der Waals surface area (Å²) in [6.45, 7) is 12.9. The third-order valence-corrected chi connectivity index (χ3v) is 12.4. The zero-order valence-corrected chi connectivity index (χ0v) is 23.1. The van der Waals surface area contributed by atoms with Crippen molar-refractivity contribution in [1.29, 1.82) is 0 Å². The maximum Gasteiger partial charge on any atom is 0.491 e. The number of aliphatic hydroxyl groups excluding tert-OH is 1. The lowest BCUT2D eigenvalue weighted by Gasteiger charge is -2.63. The van der Waals surface area contributed by atoms with Gasteiger partial charge in [-0.3, -0.25) is 9.59 Å². The van der Waals surface area contributed by atoms with Crippen molar-refractivity contribution in [3.63, 3.8) is 0 Å². The number of thioether (sulfide) groups is 1. The van der Waals surface area contributed by atoms with Crippen molar-refractivity contribution in [1.82, 2.24) is 0 Å². The molecule has 0 spiro atoms. The van der Waals surface area contributed by atoms with Crippen LogP contribution in [-0.2, 0) is 20.9 Å². The van der Waals surface area contributed by atoms with Crippen LogP contribution in [0.5, 0.6) is 0 Å². The SMILES string of the molecule is C=C[C@]1(C)C[C@@H](C(Sc2ccc3c(c2)B(O)OC3)C(=O)O)[C@]2(C)[C@H](C)CC[C@]3(CCC(=O)[C@H]32)[C@@H](C)[C@@H]1O. The first-order valence-corrected chi connectivity index (χ1v) is 14.4. The second-order valence-electron chi connectivity index (χ2n) is 12.6. The Hall–Kier alpha value is -1.61. The molecule has 4 aliphatic rings. The Balaban J connectivity index is 1.65. The molecule has 37 heavy (non-hydrogen) atoms. The van der Waals surface area contributed by atoms with E-state index in [4.69, 9.17) is 4.65 Å². The topological polar surface area (TPSA) is 104 Å². The number of carbonyl (C=O) groups excluding carboxylic acids is 1. The number of carboxylic acids is 1. The third-order valence-electron chi connectivity index (χ3n) is 11.1. The first-order valence-electron chi connectivity index (χ1n) is 13.6. The minimum absolute atomic E-state index is 0.0890. The van der Waals surface area contributed by atoms with Crippen molar-refractivity contribution < 1.29 is 29.5 Å². The standard InChI is InChI=1S/C29H39BO6S/c1-6-27(4)14-20(23(26(33)34)37-19-8-7-18-15-36-30(35)21(18)13-19)28(5)16(2)9-11-29(17(3)25(27)32)12-10-22(31)24(28)29/h6-8,13,16-17,20,23-25,32,35H,1,9-12,14-15H2,2-5H3,(H,33,34)/t16-,17+,20+,23?,24+,25+,27-,28+,29+/m1/s1. The number of benzene rings is 1. The van der Waals surface area contributed by atoms with Crippen LogP contribution in [0.3, 0.4) is 0 Å². The van der Waals surface area contributed by atoms with E-state index in [1.54, 1.807) is 0 Å². The number of hydrogen-bond acceptors (Lipinski definition) is 6. The van der Waals surface area contributed by atoms with Gasteiger partial charge in [0, 0.05) is 22.6 Å². The summed E-state index contributed by atoms with van der Waals surface area (Å²) >= 11 is 1.29. The number of fused-ring (bicyclic) bond motifs is 1. The second kappa shape index (κ2) is 9.25. The lowest BCUT2D eigenvalue weighted by molar-refractivity contribution is -0.178. The summed E-state index contributed by atoms with van der Waals surface area (Å²) in [6.07, 6.45) is 4.57. The Morgan fingerprint density at radius 2 is 2.03 bits per heavy atom. The van der Waals surface area contributed by atoms with Crippen molar-refractivity contribution in [3.05, 3.63) is 36.4 Å². The molecule has 0 amide bonds.